The van der Waals surface area contributed by atoms with Gasteiger partial charge in [-0.25, -0.2) is 0 Å². The Labute approximate surface area is 177 Å². The lowest BCUT2D eigenvalue weighted by molar-refractivity contribution is -0.0453. The van der Waals surface area contributed by atoms with E-state index in [1.165, 1.54) is 45.1 Å². The SMILES string of the molecule is CCNC(=NCC1(CC(C)C)CCC1)NCC1CN2CCCC2CO1.I. The van der Waals surface area contributed by atoms with Gasteiger partial charge in [0.1, 0.15) is 0 Å². The van der Waals surface area contributed by atoms with Crippen molar-refractivity contribution in [1.29, 1.82) is 0 Å². The number of fused-ring (bicyclic) bond motifs is 1. The van der Waals surface area contributed by atoms with E-state index in [9.17, 15) is 0 Å². The van der Waals surface area contributed by atoms with Gasteiger partial charge in [0.2, 0.25) is 0 Å². The van der Waals surface area contributed by atoms with Crippen LogP contribution in [0.4, 0.5) is 0 Å². The Morgan fingerprint density at radius 1 is 1.27 bits per heavy atom. The molecule has 0 bridgehead atoms. The lowest BCUT2D eigenvalue weighted by Crippen LogP contribution is -2.51. The Balaban J connectivity index is 0.00000243. The van der Waals surface area contributed by atoms with Crippen LogP contribution >= 0.6 is 24.0 Å². The van der Waals surface area contributed by atoms with E-state index in [-0.39, 0.29) is 30.1 Å². The minimum atomic E-state index is 0. The molecule has 2 saturated heterocycles. The first-order chi connectivity index (χ1) is 12.1. The third-order valence-corrected chi connectivity index (χ3v) is 6.13. The van der Waals surface area contributed by atoms with Crippen molar-refractivity contribution in [2.75, 3.05) is 39.3 Å². The molecule has 0 amide bonds. The molecule has 0 radical (unpaired) electrons. The molecular weight excluding hydrogens is 439 g/mol. The summed E-state index contributed by atoms with van der Waals surface area (Å²) >= 11 is 0. The van der Waals surface area contributed by atoms with Crippen molar-refractivity contribution in [2.24, 2.45) is 16.3 Å². The van der Waals surface area contributed by atoms with Gasteiger partial charge in [0.05, 0.1) is 12.7 Å². The van der Waals surface area contributed by atoms with Gasteiger partial charge in [-0.15, -0.1) is 24.0 Å². The summed E-state index contributed by atoms with van der Waals surface area (Å²) in [5, 5.41) is 6.94. The summed E-state index contributed by atoms with van der Waals surface area (Å²) in [5.74, 6) is 1.72. The second kappa shape index (κ2) is 10.5. The molecule has 0 aromatic rings. The van der Waals surface area contributed by atoms with Crippen molar-refractivity contribution in [3.05, 3.63) is 0 Å². The van der Waals surface area contributed by atoms with Gasteiger partial charge in [0.15, 0.2) is 5.96 Å². The number of ether oxygens (including phenoxy) is 1. The van der Waals surface area contributed by atoms with Crippen molar-refractivity contribution in [1.82, 2.24) is 15.5 Å². The molecule has 3 fully saturated rings. The molecule has 0 spiro atoms. The van der Waals surface area contributed by atoms with Crippen molar-refractivity contribution < 1.29 is 4.74 Å². The largest absolute Gasteiger partial charge is 0.373 e. The van der Waals surface area contributed by atoms with E-state index in [2.05, 4.69) is 36.3 Å². The first kappa shape index (κ1) is 22.2. The molecule has 2 heterocycles. The highest BCUT2D eigenvalue weighted by Gasteiger charge is 2.37. The quantitative estimate of drug-likeness (QED) is 0.335. The Bertz CT molecular complexity index is 453. The van der Waals surface area contributed by atoms with Gasteiger partial charge in [-0.3, -0.25) is 9.89 Å². The van der Waals surface area contributed by atoms with Crippen LogP contribution in [0, 0.1) is 11.3 Å². The number of rotatable bonds is 7. The molecular formula is C20H39IN4O. The number of halogens is 1. The van der Waals surface area contributed by atoms with Gasteiger partial charge in [0, 0.05) is 32.2 Å². The molecule has 1 aliphatic carbocycles. The number of hydrogen-bond donors (Lipinski definition) is 2. The Morgan fingerprint density at radius 3 is 2.73 bits per heavy atom. The van der Waals surface area contributed by atoms with Gasteiger partial charge >= 0.3 is 0 Å². The standard InChI is InChI=1S/C20H38N4O.HI/c1-4-21-19(23-15-20(8-6-9-20)11-16(2)3)22-12-18-13-24-10-5-7-17(24)14-25-18;/h16-18H,4-15H2,1-3H3,(H2,21,22,23);1H. The van der Waals surface area contributed by atoms with E-state index in [0.717, 1.165) is 44.7 Å². The highest BCUT2D eigenvalue weighted by Crippen LogP contribution is 2.46. The van der Waals surface area contributed by atoms with E-state index >= 15 is 0 Å². The summed E-state index contributed by atoms with van der Waals surface area (Å²) in [5.41, 5.74) is 0.459. The third-order valence-electron chi connectivity index (χ3n) is 6.13. The van der Waals surface area contributed by atoms with E-state index in [4.69, 9.17) is 9.73 Å². The first-order valence-electron chi connectivity index (χ1n) is 10.5. The minimum absolute atomic E-state index is 0. The second-order valence-electron chi connectivity index (χ2n) is 8.77. The number of aliphatic imine (C=N–C) groups is 1. The summed E-state index contributed by atoms with van der Waals surface area (Å²) < 4.78 is 6.06. The van der Waals surface area contributed by atoms with Crippen LogP contribution in [0.15, 0.2) is 4.99 Å². The Hall–Kier alpha value is -0.0800. The summed E-state index contributed by atoms with van der Waals surface area (Å²) in [7, 11) is 0. The molecule has 3 aliphatic rings. The molecule has 0 aromatic carbocycles. The number of nitrogens with zero attached hydrogens (tertiary/aromatic N) is 2. The van der Waals surface area contributed by atoms with Gasteiger partial charge in [0.25, 0.3) is 0 Å². The minimum Gasteiger partial charge on any atom is -0.373 e. The fraction of sp³-hybridized carbons (Fsp3) is 0.950. The van der Waals surface area contributed by atoms with Gasteiger partial charge < -0.3 is 15.4 Å². The molecule has 2 unspecified atom stereocenters. The third kappa shape index (κ3) is 5.96. The normalized spacial score (nSPS) is 28.2. The monoisotopic (exact) mass is 478 g/mol. The summed E-state index contributed by atoms with van der Waals surface area (Å²) in [6.07, 6.45) is 8.29. The average Bonchev–Trinajstić information content (AvgIpc) is 3.02. The first-order valence-corrected chi connectivity index (χ1v) is 10.5. The molecule has 2 atom stereocenters. The van der Waals surface area contributed by atoms with E-state index in [0.29, 0.717) is 11.5 Å². The van der Waals surface area contributed by atoms with E-state index in [1.54, 1.807) is 0 Å². The van der Waals surface area contributed by atoms with Crippen LogP contribution in [0.25, 0.3) is 0 Å². The molecule has 2 aliphatic heterocycles. The van der Waals surface area contributed by atoms with E-state index in [1.807, 2.05) is 0 Å². The van der Waals surface area contributed by atoms with Crippen LogP contribution in [-0.4, -0.2) is 62.3 Å². The smallest absolute Gasteiger partial charge is 0.191 e. The van der Waals surface area contributed by atoms with Crippen LogP contribution < -0.4 is 10.6 Å². The van der Waals surface area contributed by atoms with Gasteiger partial charge in [-0.1, -0.05) is 20.3 Å². The molecule has 0 aromatic heterocycles. The fourth-order valence-corrected chi connectivity index (χ4v) is 4.78. The molecule has 26 heavy (non-hydrogen) atoms. The maximum atomic E-state index is 6.06. The highest BCUT2D eigenvalue weighted by atomic mass is 127. The zero-order valence-electron chi connectivity index (χ0n) is 16.9. The highest BCUT2D eigenvalue weighted by molar-refractivity contribution is 14.0. The molecule has 5 nitrogen and oxygen atoms in total. The lowest BCUT2D eigenvalue weighted by Gasteiger charge is -2.42. The van der Waals surface area contributed by atoms with Crippen molar-refractivity contribution in [3.8, 4) is 0 Å². The zero-order valence-corrected chi connectivity index (χ0v) is 19.3. The fourth-order valence-electron chi connectivity index (χ4n) is 4.78. The number of nitrogens with one attached hydrogen (secondary N) is 2. The predicted molar refractivity (Wildman–Crippen MR) is 119 cm³/mol. The number of morpholine rings is 1. The van der Waals surface area contributed by atoms with Crippen molar-refractivity contribution in [2.45, 2.75) is 71.4 Å². The van der Waals surface area contributed by atoms with Crippen LogP contribution in [0.2, 0.25) is 0 Å². The van der Waals surface area contributed by atoms with Crippen LogP contribution in [-0.2, 0) is 4.74 Å². The zero-order chi connectivity index (χ0) is 17.7. The summed E-state index contributed by atoms with van der Waals surface area (Å²) in [6.45, 7) is 12.7. The molecule has 152 valence electrons. The van der Waals surface area contributed by atoms with Crippen molar-refractivity contribution >= 4 is 29.9 Å². The van der Waals surface area contributed by atoms with Gasteiger partial charge in [-0.2, -0.15) is 0 Å². The van der Waals surface area contributed by atoms with Crippen LogP contribution in [0.1, 0.15) is 59.3 Å². The van der Waals surface area contributed by atoms with Gasteiger partial charge in [-0.05, 0) is 56.9 Å². The number of guanidine groups is 1. The molecule has 2 N–H and O–H groups in total. The van der Waals surface area contributed by atoms with E-state index < -0.39 is 0 Å². The average molecular weight is 478 g/mol. The summed E-state index contributed by atoms with van der Waals surface area (Å²) in [4.78, 5) is 7.54. The molecule has 3 rings (SSSR count). The maximum Gasteiger partial charge on any atom is 0.191 e. The van der Waals surface area contributed by atoms with Crippen molar-refractivity contribution in [3.63, 3.8) is 0 Å². The van der Waals surface area contributed by atoms with Crippen LogP contribution in [0.3, 0.4) is 0 Å². The molecule has 1 saturated carbocycles. The van der Waals surface area contributed by atoms with Crippen LogP contribution in [0.5, 0.6) is 0 Å². The molecule has 6 heteroatoms. The lowest BCUT2D eigenvalue weighted by atomic mass is 9.64. The predicted octanol–water partition coefficient (Wildman–Crippen LogP) is 3.24. The Morgan fingerprint density at radius 2 is 2.08 bits per heavy atom. The second-order valence-corrected chi connectivity index (χ2v) is 8.77. The Kier molecular flexibility index (Phi) is 8.94. The number of hydrogen-bond acceptors (Lipinski definition) is 3. The topological polar surface area (TPSA) is 48.9 Å². The maximum absolute atomic E-state index is 6.06. The summed E-state index contributed by atoms with van der Waals surface area (Å²) in [6, 6.07) is 0.674.